The second kappa shape index (κ2) is 9.58. The third kappa shape index (κ3) is 6.17. The number of hydrogen-bond acceptors (Lipinski definition) is 5. The Labute approximate surface area is 156 Å². The van der Waals surface area contributed by atoms with Crippen molar-refractivity contribution in [1.82, 2.24) is 25.5 Å². The Balaban J connectivity index is 1.63. The quantitative estimate of drug-likeness (QED) is 0.670. The number of halogens is 2. The standard InChI is InChI=1S/C16H21Cl2N5O2/c1-11(2)23-15(20-21-22-23)7-8-19-16(24)4-3-9-25-14-6-5-12(17)10-13(14)18/h5-6,10-11H,3-4,7-9H2,1-2H3,(H,19,24). The molecule has 0 aliphatic rings. The van der Waals surface area contributed by atoms with Gasteiger partial charge in [0.05, 0.1) is 17.7 Å². The van der Waals surface area contributed by atoms with Crippen LogP contribution in [0.3, 0.4) is 0 Å². The van der Waals surface area contributed by atoms with Crippen molar-refractivity contribution in [3.8, 4) is 5.75 Å². The summed E-state index contributed by atoms with van der Waals surface area (Å²) >= 11 is 11.8. The Kier molecular flexibility index (Phi) is 7.46. The van der Waals surface area contributed by atoms with E-state index in [1.54, 1.807) is 22.9 Å². The molecule has 0 atom stereocenters. The molecule has 0 bridgehead atoms. The van der Waals surface area contributed by atoms with Crippen LogP contribution in [-0.4, -0.2) is 39.3 Å². The molecule has 1 amide bonds. The minimum Gasteiger partial charge on any atom is -0.492 e. The van der Waals surface area contributed by atoms with Crippen molar-refractivity contribution in [3.05, 3.63) is 34.1 Å². The molecule has 0 saturated carbocycles. The first-order chi connectivity index (χ1) is 12.0. The number of aromatic nitrogens is 4. The van der Waals surface area contributed by atoms with Crippen molar-refractivity contribution in [1.29, 1.82) is 0 Å². The summed E-state index contributed by atoms with van der Waals surface area (Å²) in [7, 11) is 0. The molecule has 1 aromatic heterocycles. The van der Waals surface area contributed by atoms with E-state index in [0.717, 1.165) is 5.82 Å². The topological polar surface area (TPSA) is 81.9 Å². The molecule has 136 valence electrons. The predicted octanol–water partition coefficient (Wildman–Crippen LogP) is 3.08. The van der Waals surface area contributed by atoms with E-state index in [-0.39, 0.29) is 11.9 Å². The molecule has 0 radical (unpaired) electrons. The summed E-state index contributed by atoms with van der Waals surface area (Å²) in [5.41, 5.74) is 0. The number of carbonyl (C=O) groups excluding carboxylic acids is 1. The zero-order valence-corrected chi connectivity index (χ0v) is 15.7. The van der Waals surface area contributed by atoms with Gasteiger partial charge in [-0.3, -0.25) is 4.79 Å². The maximum absolute atomic E-state index is 11.8. The van der Waals surface area contributed by atoms with Crippen LogP contribution >= 0.6 is 23.2 Å². The lowest BCUT2D eigenvalue weighted by molar-refractivity contribution is -0.121. The highest BCUT2D eigenvalue weighted by molar-refractivity contribution is 6.35. The fourth-order valence-corrected chi connectivity index (χ4v) is 2.65. The van der Waals surface area contributed by atoms with Gasteiger partial charge in [0.1, 0.15) is 5.75 Å². The number of benzene rings is 1. The lowest BCUT2D eigenvalue weighted by Crippen LogP contribution is -2.26. The number of nitrogens with one attached hydrogen (secondary N) is 1. The molecule has 25 heavy (non-hydrogen) atoms. The summed E-state index contributed by atoms with van der Waals surface area (Å²) in [5, 5.41) is 15.4. The molecule has 0 aliphatic heterocycles. The molecule has 0 saturated heterocycles. The first-order valence-electron chi connectivity index (χ1n) is 8.08. The third-order valence-corrected chi connectivity index (χ3v) is 3.95. The van der Waals surface area contributed by atoms with Crippen molar-refractivity contribution in [2.24, 2.45) is 0 Å². The monoisotopic (exact) mass is 385 g/mol. The van der Waals surface area contributed by atoms with E-state index in [2.05, 4.69) is 20.8 Å². The summed E-state index contributed by atoms with van der Waals surface area (Å²) in [5.74, 6) is 1.29. The normalized spacial score (nSPS) is 10.9. The maximum Gasteiger partial charge on any atom is 0.220 e. The van der Waals surface area contributed by atoms with E-state index >= 15 is 0 Å². The molecule has 0 aliphatic carbocycles. The fraction of sp³-hybridized carbons (Fsp3) is 0.500. The zero-order chi connectivity index (χ0) is 18.2. The lowest BCUT2D eigenvalue weighted by atomic mass is 10.3. The minimum atomic E-state index is -0.0330. The van der Waals surface area contributed by atoms with E-state index in [0.29, 0.717) is 48.2 Å². The van der Waals surface area contributed by atoms with Crippen molar-refractivity contribution in [3.63, 3.8) is 0 Å². The highest BCUT2D eigenvalue weighted by Gasteiger charge is 2.09. The SMILES string of the molecule is CC(C)n1nnnc1CCNC(=O)CCCOc1ccc(Cl)cc1Cl. The van der Waals surface area contributed by atoms with Crippen LogP contribution in [0.5, 0.6) is 5.75 Å². The molecule has 0 unspecified atom stereocenters. The van der Waals surface area contributed by atoms with Gasteiger partial charge in [-0.15, -0.1) is 5.10 Å². The Hall–Kier alpha value is -1.86. The first-order valence-corrected chi connectivity index (χ1v) is 8.84. The van der Waals surface area contributed by atoms with E-state index in [4.69, 9.17) is 27.9 Å². The van der Waals surface area contributed by atoms with Gasteiger partial charge in [-0.1, -0.05) is 23.2 Å². The molecule has 2 rings (SSSR count). The number of tetrazole rings is 1. The molecule has 9 heteroatoms. The van der Waals surface area contributed by atoms with E-state index in [1.807, 2.05) is 13.8 Å². The van der Waals surface area contributed by atoms with Crippen LogP contribution in [0.15, 0.2) is 18.2 Å². The summed E-state index contributed by atoms with van der Waals surface area (Å²) in [4.78, 5) is 11.8. The van der Waals surface area contributed by atoms with Gasteiger partial charge in [0.25, 0.3) is 0 Å². The van der Waals surface area contributed by atoms with Crippen LogP contribution in [-0.2, 0) is 11.2 Å². The van der Waals surface area contributed by atoms with Gasteiger partial charge in [0.2, 0.25) is 5.91 Å². The first kappa shape index (κ1) is 19.5. The van der Waals surface area contributed by atoms with E-state index in [9.17, 15) is 4.79 Å². The van der Waals surface area contributed by atoms with Gasteiger partial charge in [0, 0.05) is 24.4 Å². The highest BCUT2D eigenvalue weighted by Crippen LogP contribution is 2.27. The number of nitrogens with zero attached hydrogens (tertiary/aromatic N) is 4. The molecule has 0 spiro atoms. The third-order valence-electron chi connectivity index (χ3n) is 3.42. The van der Waals surface area contributed by atoms with Crippen LogP contribution in [0, 0.1) is 0 Å². The lowest BCUT2D eigenvalue weighted by Gasteiger charge is -2.09. The van der Waals surface area contributed by atoms with Crippen LogP contribution in [0.2, 0.25) is 10.0 Å². The second-order valence-corrected chi connectivity index (χ2v) is 6.60. The van der Waals surface area contributed by atoms with E-state index < -0.39 is 0 Å². The smallest absolute Gasteiger partial charge is 0.220 e. The summed E-state index contributed by atoms with van der Waals surface area (Å²) in [6.07, 6.45) is 1.56. The van der Waals surface area contributed by atoms with Crippen LogP contribution in [0.4, 0.5) is 0 Å². The molecule has 0 fully saturated rings. The maximum atomic E-state index is 11.8. The van der Waals surface area contributed by atoms with Gasteiger partial charge in [-0.2, -0.15) is 0 Å². The van der Waals surface area contributed by atoms with Gasteiger partial charge >= 0.3 is 0 Å². The fourth-order valence-electron chi connectivity index (χ4n) is 2.19. The van der Waals surface area contributed by atoms with Crippen molar-refractivity contribution >= 4 is 29.1 Å². The Bertz CT molecular complexity index is 706. The van der Waals surface area contributed by atoms with Crippen molar-refractivity contribution in [2.45, 2.75) is 39.2 Å². The Morgan fingerprint density at radius 2 is 2.16 bits per heavy atom. The van der Waals surface area contributed by atoms with Crippen molar-refractivity contribution < 1.29 is 9.53 Å². The molecule has 2 aromatic rings. The number of rotatable bonds is 9. The summed E-state index contributed by atoms with van der Waals surface area (Å²) in [6.45, 7) is 4.91. The number of carbonyl (C=O) groups is 1. The number of amides is 1. The van der Waals surface area contributed by atoms with Gasteiger partial charge in [0.15, 0.2) is 5.82 Å². The van der Waals surface area contributed by atoms with Crippen LogP contribution in [0.1, 0.15) is 38.6 Å². The molecule has 7 nitrogen and oxygen atoms in total. The summed E-state index contributed by atoms with van der Waals surface area (Å²) in [6, 6.07) is 5.23. The summed E-state index contributed by atoms with van der Waals surface area (Å²) < 4.78 is 7.29. The predicted molar refractivity (Wildman–Crippen MR) is 96.1 cm³/mol. The largest absolute Gasteiger partial charge is 0.492 e. The Morgan fingerprint density at radius 1 is 1.36 bits per heavy atom. The molecular weight excluding hydrogens is 365 g/mol. The van der Waals surface area contributed by atoms with E-state index in [1.165, 1.54) is 0 Å². The second-order valence-electron chi connectivity index (χ2n) is 5.76. The number of ether oxygens (including phenoxy) is 1. The van der Waals surface area contributed by atoms with Gasteiger partial charge < -0.3 is 10.1 Å². The average molecular weight is 386 g/mol. The van der Waals surface area contributed by atoms with Gasteiger partial charge in [-0.25, -0.2) is 4.68 Å². The highest BCUT2D eigenvalue weighted by atomic mass is 35.5. The molecule has 1 aromatic carbocycles. The molecular formula is C16H21Cl2N5O2. The minimum absolute atomic E-state index is 0.0330. The Morgan fingerprint density at radius 3 is 2.88 bits per heavy atom. The van der Waals surface area contributed by atoms with Crippen LogP contribution in [0.25, 0.3) is 0 Å². The van der Waals surface area contributed by atoms with Gasteiger partial charge in [-0.05, 0) is 48.9 Å². The van der Waals surface area contributed by atoms with Crippen molar-refractivity contribution in [2.75, 3.05) is 13.2 Å². The molecule has 1 N–H and O–H groups in total. The average Bonchev–Trinajstić information content (AvgIpc) is 3.02. The van der Waals surface area contributed by atoms with Crippen LogP contribution < -0.4 is 10.1 Å². The number of hydrogen-bond donors (Lipinski definition) is 1. The molecule has 1 heterocycles. The zero-order valence-electron chi connectivity index (χ0n) is 14.2.